The van der Waals surface area contributed by atoms with Gasteiger partial charge in [0, 0.05) is 11.3 Å². The molecule has 0 fully saturated rings. The van der Waals surface area contributed by atoms with Gasteiger partial charge in [-0.25, -0.2) is 13.6 Å². The van der Waals surface area contributed by atoms with Crippen molar-refractivity contribution in [3.8, 4) is 16.2 Å². The quantitative estimate of drug-likeness (QED) is 0.799. The van der Waals surface area contributed by atoms with E-state index in [2.05, 4.69) is 5.32 Å². The van der Waals surface area contributed by atoms with Crippen LogP contribution in [-0.2, 0) is 4.79 Å². The Hall–Kier alpha value is -2.48. The number of carbonyl (C=O) groups is 2. The first-order chi connectivity index (χ1) is 11.4. The van der Waals surface area contributed by atoms with Gasteiger partial charge in [-0.1, -0.05) is 30.3 Å². The van der Waals surface area contributed by atoms with Crippen LogP contribution in [0.4, 0.5) is 8.78 Å². The molecule has 1 heterocycles. The Morgan fingerprint density at radius 1 is 1.29 bits per heavy atom. The second-order valence-electron chi connectivity index (χ2n) is 4.87. The summed E-state index contributed by atoms with van der Waals surface area (Å²) < 4.78 is 30.0. The van der Waals surface area contributed by atoms with Gasteiger partial charge in [-0.2, -0.15) is 0 Å². The number of hydrogen-bond acceptors (Lipinski definition) is 4. The average Bonchev–Trinajstić information content (AvgIpc) is 2.99. The van der Waals surface area contributed by atoms with Gasteiger partial charge in [0.2, 0.25) is 6.43 Å². The highest BCUT2D eigenvalue weighted by atomic mass is 32.1. The fraction of sp³-hybridized carbons (Fsp3) is 0.250. The fourth-order valence-corrected chi connectivity index (χ4v) is 3.09. The van der Waals surface area contributed by atoms with E-state index in [9.17, 15) is 18.4 Å². The number of thiophene rings is 1. The Morgan fingerprint density at radius 3 is 2.50 bits per heavy atom. The van der Waals surface area contributed by atoms with Crippen molar-refractivity contribution in [1.29, 1.82) is 0 Å². The first kappa shape index (κ1) is 17.9. The monoisotopic (exact) mass is 355 g/mol. The molecule has 0 aliphatic carbocycles. The first-order valence-corrected chi connectivity index (χ1v) is 7.79. The lowest BCUT2D eigenvalue weighted by Gasteiger charge is -2.13. The summed E-state index contributed by atoms with van der Waals surface area (Å²) in [4.78, 5) is 24.2. The topological polar surface area (TPSA) is 75.6 Å². The number of halogens is 2. The normalized spacial score (nSPS) is 12.0. The van der Waals surface area contributed by atoms with Crippen LogP contribution in [0.25, 0.3) is 10.4 Å². The molecule has 1 amide bonds. The van der Waals surface area contributed by atoms with Gasteiger partial charge in [-0.05, 0) is 11.6 Å². The molecule has 1 aromatic carbocycles. The van der Waals surface area contributed by atoms with Crippen LogP contribution in [0.2, 0.25) is 0 Å². The molecular formula is C16H15F2NO4S. The highest BCUT2D eigenvalue weighted by Gasteiger charge is 2.27. The van der Waals surface area contributed by atoms with Crippen LogP contribution in [0.1, 0.15) is 16.1 Å². The summed E-state index contributed by atoms with van der Waals surface area (Å²) in [6.07, 6.45) is -3.79. The van der Waals surface area contributed by atoms with Crippen molar-refractivity contribution in [2.24, 2.45) is 0 Å². The van der Waals surface area contributed by atoms with Crippen molar-refractivity contribution < 1.29 is 28.2 Å². The molecule has 0 saturated heterocycles. The molecule has 2 aromatic rings. The predicted octanol–water partition coefficient (Wildman–Crippen LogP) is 3.26. The van der Waals surface area contributed by atoms with Crippen LogP contribution < -0.4 is 10.1 Å². The van der Waals surface area contributed by atoms with Crippen LogP contribution >= 0.6 is 11.3 Å². The van der Waals surface area contributed by atoms with Crippen LogP contribution in [0.5, 0.6) is 5.75 Å². The maximum Gasteiger partial charge on any atom is 0.326 e. The minimum Gasteiger partial charge on any atom is -0.495 e. The molecule has 1 aromatic heterocycles. The molecule has 5 nitrogen and oxygen atoms in total. The van der Waals surface area contributed by atoms with E-state index in [1.165, 1.54) is 7.11 Å². The molecule has 1 atom stereocenters. The van der Waals surface area contributed by atoms with Crippen molar-refractivity contribution in [2.45, 2.75) is 18.9 Å². The summed E-state index contributed by atoms with van der Waals surface area (Å²) in [5.74, 6) is -2.01. The van der Waals surface area contributed by atoms with Gasteiger partial charge in [-0.15, -0.1) is 11.3 Å². The smallest absolute Gasteiger partial charge is 0.326 e. The molecule has 0 spiro atoms. The molecular weight excluding hydrogens is 340 g/mol. The second-order valence-corrected chi connectivity index (χ2v) is 5.92. The van der Waals surface area contributed by atoms with Crippen LogP contribution in [0, 0.1) is 0 Å². The van der Waals surface area contributed by atoms with E-state index in [1.54, 1.807) is 6.07 Å². The van der Waals surface area contributed by atoms with Gasteiger partial charge < -0.3 is 15.2 Å². The summed E-state index contributed by atoms with van der Waals surface area (Å²) in [6.45, 7) is 0. The largest absolute Gasteiger partial charge is 0.495 e. The summed E-state index contributed by atoms with van der Waals surface area (Å²) >= 11 is 1.10. The van der Waals surface area contributed by atoms with Gasteiger partial charge in [0.15, 0.2) is 0 Å². The predicted molar refractivity (Wildman–Crippen MR) is 85.8 cm³/mol. The Kier molecular flexibility index (Phi) is 5.86. The molecule has 0 saturated carbocycles. The molecule has 0 aliphatic heterocycles. The van der Waals surface area contributed by atoms with E-state index < -0.39 is 30.8 Å². The van der Waals surface area contributed by atoms with Crippen molar-refractivity contribution >= 4 is 23.2 Å². The van der Waals surface area contributed by atoms with Crippen molar-refractivity contribution in [3.05, 3.63) is 41.3 Å². The number of rotatable bonds is 7. The third kappa shape index (κ3) is 4.29. The van der Waals surface area contributed by atoms with E-state index in [0.717, 1.165) is 21.8 Å². The van der Waals surface area contributed by atoms with Crippen molar-refractivity contribution in [2.75, 3.05) is 7.11 Å². The fourth-order valence-electron chi connectivity index (χ4n) is 2.05. The number of carboxylic acids is 1. The molecule has 24 heavy (non-hydrogen) atoms. The Morgan fingerprint density at radius 2 is 1.96 bits per heavy atom. The van der Waals surface area contributed by atoms with Crippen LogP contribution in [-0.4, -0.2) is 36.6 Å². The number of carbonyl (C=O) groups excluding carboxylic acids is 1. The van der Waals surface area contributed by atoms with E-state index in [-0.39, 0.29) is 10.6 Å². The zero-order chi connectivity index (χ0) is 17.7. The minimum atomic E-state index is -2.84. The Balaban J connectivity index is 2.25. The lowest BCUT2D eigenvalue weighted by Crippen LogP contribution is -2.41. The lowest BCUT2D eigenvalue weighted by molar-refractivity contribution is -0.140. The number of amides is 1. The highest BCUT2D eigenvalue weighted by Crippen LogP contribution is 2.36. The van der Waals surface area contributed by atoms with Gasteiger partial charge in [0.1, 0.15) is 16.7 Å². The zero-order valence-corrected chi connectivity index (χ0v) is 13.5. The lowest BCUT2D eigenvalue weighted by atomic mass is 10.2. The van der Waals surface area contributed by atoms with E-state index in [4.69, 9.17) is 9.84 Å². The summed E-state index contributed by atoms with van der Waals surface area (Å²) in [7, 11) is 1.38. The zero-order valence-electron chi connectivity index (χ0n) is 12.7. The van der Waals surface area contributed by atoms with Gasteiger partial charge in [0.25, 0.3) is 5.91 Å². The molecule has 128 valence electrons. The van der Waals surface area contributed by atoms with Gasteiger partial charge in [-0.3, -0.25) is 4.79 Å². The maximum atomic E-state index is 12.4. The van der Waals surface area contributed by atoms with E-state index in [1.807, 2.05) is 30.3 Å². The Bertz CT molecular complexity index is 718. The molecule has 0 bridgehead atoms. The number of ether oxygens (including phenoxy) is 1. The maximum absolute atomic E-state index is 12.4. The third-order valence-corrected chi connectivity index (χ3v) is 4.36. The number of hydrogen-bond donors (Lipinski definition) is 2. The van der Waals surface area contributed by atoms with Crippen LogP contribution in [0.15, 0.2) is 36.4 Å². The molecule has 1 unspecified atom stereocenters. The number of aliphatic carboxylic acids is 1. The third-order valence-electron chi connectivity index (χ3n) is 3.20. The molecule has 0 radical (unpaired) electrons. The SMILES string of the molecule is COc1cc(-c2ccccc2)sc1C(=O)NC(CC(F)F)C(=O)O. The minimum absolute atomic E-state index is 0.136. The Labute approximate surface area is 140 Å². The molecule has 2 N–H and O–H groups in total. The first-order valence-electron chi connectivity index (χ1n) is 6.97. The number of methoxy groups -OCH3 is 1. The van der Waals surface area contributed by atoms with Gasteiger partial charge >= 0.3 is 5.97 Å². The summed E-state index contributed by atoms with van der Waals surface area (Å²) in [5, 5.41) is 11.1. The highest BCUT2D eigenvalue weighted by molar-refractivity contribution is 7.17. The number of alkyl halides is 2. The molecule has 0 aliphatic rings. The number of benzene rings is 1. The van der Waals surface area contributed by atoms with Gasteiger partial charge in [0.05, 0.1) is 7.11 Å². The van der Waals surface area contributed by atoms with E-state index in [0.29, 0.717) is 0 Å². The van der Waals surface area contributed by atoms with Crippen LogP contribution in [0.3, 0.4) is 0 Å². The summed E-state index contributed by atoms with van der Waals surface area (Å²) in [6, 6.07) is 9.22. The average molecular weight is 355 g/mol. The standard InChI is InChI=1S/C16H15F2NO4S/c1-23-11-8-12(9-5-3-2-4-6-9)24-14(11)15(20)19-10(16(21)22)7-13(17)18/h2-6,8,10,13H,7H2,1H3,(H,19,20)(H,21,22). The summed E-state index contributed by atoms with van der Waals surface area (Å²) in [5.41, 5.74) is 0.863. The number of carboxylic acid groups (broad SMARTS) is 1. The molecule has 2 rings (SSSR count). The van der Waals surface area contributed by atoms with E-state index >= 15 is 0 Å². The number of nitrogens with one attached hydrogen (secondary N) is 1. The second kappa shape index (κ2) is 7.87. The van der Waals surface area contributed by atoms with Crippen molar-refractivity contribution in [1.82, 2.24) is 5.32 Å². The molecule has 8 heteroatoms. The van der Waals surface area contributed by atoms with Crippen molar-refractivity contribution in [3.63, 3.8) is 0 Å².